The number of anilines is 1. The van der Waals surface area contributed by atoms with Gasteiger partial charge >= 0.3 is 6.09 Å². The fourth-order valence-corrected chi connectivity index (χ4v) is 2.35. The molecule has 0 saturated carbocycles. The van der Waals surface area contributed by atoms with Crippen LogP contribution in [0.3, 0.4) is 0 Å². The zero-order chi connectivity index (χ0) is 18.7. The van der Waals surface area contributed by atoms with Crippen LogP contribution in [0, 0.1) is 6.92 Å². The van der Waals surface area contributed by atoms with E-state index in [9.17, 15) is 4.79 Å². The maximum atomic E-state index is 12.3. The summed E-state index contributed by atoms with van der Waals surface area (Å²) in [6.07, 6.45) is 0.953. The third-order valence-corrected chi connectivity index (χ3v) is 3.82. The molecule has 134 valence electrons. The second-order valence-electron chi connectivity index (χ2n) is 7.09. The number of carbonyl (C=O) groups excluding carboxylic acids is 1. The minimum atomic E-state index is -0.613. The molecule has 0 saturated heterocycles. The number of nitrogens with zero attached hydrogens (tertiary/aromatic N) is 3. The van der Waals surface area contributed by atoms with E-state index in [1.165, 1.54) is 0 Å². The predicted octanol–water partition coefficient (Wildman–Crippen LogP) is 4.48. The minimum Gasteiger partial charge on any atom is -0.391 e. The number of nitrogens with one attached hydrogen (secondary N) is 1. The van der Waals surface area contributed by atoms with Crippen LogP contribution in [-0.4, -0.2) is 20.9 Å². The molecular weight excluding hydrogens is 328 g/mol. The number of hydrogen-bond acceptors (Lipinski definition) is 4. The Morgan fingerprint density at radius 1 is 1.12 bits per heavy atom. The largest absolute Gasteiger partial charge is 0.419 e. The van der Waals surface area contributed by atoms with Crippen molar-refractivity contribution in [3.8, 4) is 11.6 Å². The smallest absolute Gasteiger partial charge is 0.391 e. The van der Waals surface area contributed by atoms with Crippen molar-refractivity contribution in [2.75, 3.05) is 5.32 Å². The average Bonchev–Trinajstić information content (AvgIpc) is 3.00. The van der Waals surface area contributed by atoms with Crippen molar-refractivity contribution >= 4 is 11.9 Å². The minimum absolute atomic E-state index is 0.155. The number of benzene rings is 1. The Balaban J connectivity index is 1.90. The zero-order valence-corrected chi connectivity index (χ0v) is 15.4. The fourth-order valence-electron chi connectivity index (χ4n) is 2.35. The van der Waals surface area contributed by atoms with Crippen molar-refractivity contribution in [3.63, 3.8) is 0 Å². The normalized spacial score (nSPS) is 11.2. The molecule has 6 heteroatoms. The molecule has 2 heterocycles. The van der Waals surface area contributed by atoms with E-state index in [1.54, 1.807) is 29.1 Å². The van der Waals surface area contributed by atoms with Crippen LogP contribution >= 0.6 is 0 Å². The summed E-state index contributed by atoms with van der Waals surface area (Å²) in [6, 6.07) is 14.9. The van der Waals surface area contributed by atoms with Gasteiger partial charge in [-0.2, -0.15) is 5.10 Å². The van der Waals surface area contributed by atoms with E-state index in [0.29, 0.717) is 5.82 Å². The van der Waals surface area contributed by atoms with E-state index in [1.807, 2.05) is 37.3 Å². The zero-order valence-electron chi connectivity index (χ0n) is 15.4. The van der Waals surface area contributed by atoms with Gasteiger partial charge < -0.3 is 4.74 Å². The SMILES string of the molecule is Cc1ccc(-n2nc(C(C)(C)C)cc2NC(=O)Oc2ccccn2)cc1. The van der Waals surface area contributed by atoms with Gasteiger partial charge in [0.1, 0.15) is 5.82 Å². The third kappa shape index (κ3) is 4.08. The Kier molecular flexibility index (Phi) is 4.75. The lowest BCUT2D eigenvalue weighted by atomic mass is 9.92. The Bertz CT molecular complexity index is 894. The van der Waals surface area contributed by atoms with E-state index >= 15 is 0 Å². The molecule has 0 aliphatic carbocycles. The molecule has 0 aliphatic rings. The molecule has 2 aromatic heterocycles. The fraction of sp³-hybridized carbons (Fsp3) is 0.250. The van der Waals surface area contributed by atoms with Gasteiger partial charge in [-0.25, -0.2) is 14.5 Å². The lowest BCUT2D eigenvalue weighted by Gasteiger charge is -2.14. The first-order valence-corrected chi connectivity index (χ1v) is 8.40. The first-order valence-electron chi connectivity index (χ1n) is 8.40. The van der Waals surface area contributed by atoms with Crippen LogP contribution in [0.15, 0.2) is 54.7 Å². The van der Waals surface area contributed by atoms with Gasteiger partial charge in [-0.15, -0.1) is 0 Å². The summed E-state index contributed by atoms with van der Waals surface area (Å²) < 4.78 is 6.93. The van der Waals surface area contributed by atoms with Crippen molar-refractivity contribution in [1.29, 1.82) is 0 Å². The van der Waals surface area contributed by atoms with Crippen LogP contribution in [0.5, 0.6) is 5.88 Å². The predicted molar refractivity (Wildman–Crippen MR) is 101 cm³/mol. The van der Waals surface area contributed by atoms with E-state index < -0.39 is 6.09 Å². The number of pyridine rings is 1. The molecule has 1 N–H and O–H groups in total. The lowest BCUT2D eigenvalue weighted by Crippen LogP contribution is -2.19. The molecule has 0 fully saturated rings. The molecule has 1 amide bonds. The van der Waals surface area contributed by atoms with Gasteiger partial charge in [-0.3, -0.25) is 5.32 Å². The molecule has 0 atom stereocenters. The highest BCUT2D eigenvalue weighted by atomic mass is 16.6. The van der Waals surface area contributed by atoms with Crippen LogP contribution in [0.25, 0.3) is 5.69 Å². The molecule has 0 spiro atoms. The Labute approximate surface area is 152 Å². The molecule has 0 unspecified atom stereocenters. The van der Waals surface area contributed by atoms with Gasteiger partial charge in [0.2, 0.25) is 5.88 Å². The van der Waals surface area contributed by atoms with Crippen molar-refractivity contribution in [2.45, 2.75) is 33.1 Å². The van der Waals surface area contributed by atoms with Crippen LogP contribution in [0.1, 0.15) is 32.0 Å². The van der Waals surface area contributed by atoms with Crippen LogP contribution in [0.4, 0.5) is 10.6 Å². The Morgan fingerprint density at radius 2 is 1.85 bits per heavy atom. The molecule has 6 nitrogen and oxygen atoms in total. The number of amides is 1. The van der Waals surface area contributed by atoms with E-state index in [4.69, 9.17) is 4.74 Å². The van der Waals surface area contributed by atoms with Crippen molar-refractivity contribution < 1.29 is 9.53 Å². The Hall–Kier alpha value is -3.15. The number of aromatic nitrogens is 3. The molecular formula is C20H22N4O2. The van der Waals surface area contributed by atoms with Crippen molar-refractivity contribution in [1.82, 2.24) is 14.8 Å². The van der Waals surface area contributed by atoms with Gasteiger partial charge in [-0.05, 0) is 25.1 Å². The van der Waals surface area contributed by atoms with E-state index in [0.717, 1.165) is 16.9 Å². The maximum Gasteiger partial charge on any atom is 0.419 e. The number of aryl methyl sites for hydroxylation is 1. The van der Waals surface area contributed by atoms with Gasteiger partial charge in [0.15, 0.2) is 0 Å². The number of hydrogen-bond donors (Lipinski definition) is 1. The molecule has 3 aromatic rings. The van der Waals surface area contributed by atoms with Crippen LogP contribution in [-0.2, 0) is 5.41 Å². The molecule has 26 heavy (non-hydrogen) atoms. The lowest BCUT2D eigenvalue weighted by molar-refractivity contribution is 0.213. The number of rotatable bonds is 3. The summed E-state index contributed by atoms with van der Waals surface area (Å²) in [5.74, 6) is 0.780. The summed E-state index contributed by atoms with van der Waals surface area (Å²) in [6.45, 7) is 8.25. The summed E-state index contributed by atoms with van der Waals surface area (Å²) in [5.41, 5.74) is 2.73. The van der Waals surface area contributed by atoms with Gasteiger partial charge in [0, 0.05) is 23.7 Å². The van der Waals surface area contributed by atoms with Gasteiger partial charge in [0.25, 0.3) is 0 Å². The summed E-state index contributed by atoms with van der Waals surface area (Å²) in [7, 11) is 0. The van der Waals surface area contributed by atoms with Gasteiger partial charge in [-0.1, -0.05) is 44.5 Å². The molecule has 1 aromatic carbocycles. The summed E-state index contributed by atoms with van der Waals surface area (Å²) in [5, 5.41) is 7.44. The number of ether oxygens (including phenoxy) is 1. The number of carbonyl (C=O) groups is 1. The van der Waals surface area contributed by atoms with Crippen molar-refractivity contribution in [3.05, 3.63) is 66.0 Å². The third-order valence-electron chi connectivity index (χ3n) is 3.82. The highest BCUT2D eigenvalue weighted by Gasteiger charge is 2.22. The standard InChI is InChI=1S/C20H22N4O2/c1-14-8-10-15(11-9-14)24-17(13-16(23-24)20(2,3)4)22-19(25)26-18-7-5-6-12-21-18/h5-13H,1-4H3,(H,22,25). The van der Waals surface area contributed by atoms with E-state index in [-0.39, 0.29) is 11.3 Å². The first kappa shape index (κ1) is 17.7. The first-order chi connectivity index (χ1) is 12.3. The van der Waals surface area contributed by atoms with Crippen LogP contribution < -0.4 is 10.1 Å². The topological polar surface area (TPSA) is 69.0 Å². The van der Waals surface area contributed by atoms with Gasteiger partial charge in [0.05, 0.1) is 11.4 Å². The summed E-state index contributed by atoms with van der Waals surface area (Å²) in [4.78, 5) is 16.3. The highest BCUT2D eigenvalue weighted by molar-refractivity contribution is 5.85. The average molecular weight is 350 g/mol. The van der Waals surface area contributed by atoms with Crippen LogP contribution in [0.2, 0.25) is 0 Å². The summed E-state index contributed by atoms with van der Waals surface area (Å²) >= 11 is 0. The monoisotopic (exact) mass is 350 g/mol. The highest BCUT2D eigenvalue weighted by Crippen LogP contribution is 2.26. The second-order valence-corrected chi connectivity index (χ2v) is 7.09. The molecule has 0 aliphatic heterocycles. The van der Waals surface area contributed by atoms with E-state index in [2.05, 4.69) is 36.2 Å². The molecule has 0 radical (unpaired) electrons. The molecule has 3 rings (SSSR count). The second kappa shape index (κ2) is 7.00. The van der Waals surface area contributed by atoms with Crippen molar-refractivity contribution in [2.24, 2.45) is 0 Å². The maximum absolute atomic E-state index is 12.3. The quantitative estimate of drug-likeness (QED) is 0.756. The molecule has 0 bridgehead atoms. The Morgan fingerprint density at radius 3 is 2.46 bits per heavy atom.